The lowest BCUT2D eigenvalue weighted by Crippen LogP contribution is -2.50. The molecule has 3 heteroatoms. The fourth-order valence-electron chi connectivity index (χ4n) is 3.05. The molecule has 0 spiro atoms. The monoisotopic (exact) mass is 240 g/mol. The number of rotatable bonds is 3. The highest BCUT2D eigenvalue weighted by Crippen LogP contribution is 2.33. The lowest BCUT2D eigenvalue weighted by atomic mass is 9.79. The van der Waals surface area contributed by atoms with Gasteiger partial charge in [0.1, 0.15) is 0 Å². The molecular formula is C14H28N2O. The zero-order valence-corrected chi connectivity index (χ0v) is 11.5. The van der Waals surface area contributed by atoms with E-state index in [4.69, 9.17) is 10.5 Å². The quantitative estimate of drug-likeness (QED) is 0.818. The molecule has 1 atom stereocenters. The van der Waals surface area contributed by atoms with E-state index in [0.717, 1.165) is 26.3 Å². The Bertz CT molecular complexity index is 237. The molecule has 1 unspecified atom stereocenters. The van der Waals surface area contributed by atoms with E-state index in [1.165, 1.54) is 38.8 Å². The van der Waals surface area contributed by atoms with Crippen LogP contribution in [0.1, 0.15) is 39.5 Å². The number of likely N-dealkylation sites (tertiary alicyclic amines) is 1. The third-order valence-corrected chi connectivity index (χ3v) is 4.61. The zero-order chi connectivity index (χ0) is 12.4. The molecular weight excluding hydrogens is 212 g/mol. The molecule has 2 fully saturated rings. The summed E-state index contributed by atoms with van der Waals surface area (Å²) in [6.07, 6.45) is 5.04. The number of ether oxygens (including phenoxy) is 1. The number of hydrogen-bond acceptors (Lipinski definition) is 3. The van der Waals surface area contributed by atoms with Crippen molar-refractivity contribution in [2.75, 3.05) is 39.4 Å². The van der Waals surface area contributed by atoms with Crippen LogP contribution >= 0.6 is 0 Å². The first-order chi connectivity index (χ1) is 8.05. The van der Waals surface area contributed by atoms with Gasteiger partial charge in [-0.25, -0.2) is 0 Å². The number of piperidine rings is 1. The molecule has 0 aromatic rings. The summed E-state index contributed by atoms with van der Waals surface area (Å²) in [5.74, 6) is 0. The topological polar surface area (TPSA) is 38.5 Å². The molecule has 2 saturated heterocycles. The van der Waals surface area contributed by atoms with Crippen LogP contribution < -0.4 is 5.73 Å². The van der Waals surface area contributed by atoms with E-state index >= 15 is 0 Å². The lowest BCUT2D eigenvalue weighted by molar-refractivity contribution is -0.0296. The second kappa shape index (κ2) is 5.25. The third kappa shape index (κ3) is 3.43. The van der Waals surface area contributed by atoms with Gasteiger partial charge in [-0.05, 0) is 44.2 Å². The van der Waals surface area contributed by atoms with Crippen molar-refractivity contribution in [3.8, 4) is 0 Å². The maximum atomic E-state index is 6.00. The molecule has 100 valence electrons. The summed E-state index contributed by atoms with van der Waals surface area (Å²) >= 11 is 0. The van der Waals surface area contributed by atoms with Gasteiger partial charge >= 0.3 is 0 Å². The average molecular weight is 240 g/mol. The van der Waals surface area contributed by atoms with Crippen molar-refractivity contribution in [3.63, 3.8) is 0 Å². The summed E-state index contributed by atoms with van der Waals surface area (Å²) in [5.41, 5.74) is 6.78. The number of hydrogen-bond donors (Lipinski definition) is 1. The van der Waals surface area contributed by atoms with Crippen LogP contribution in [0, 0.1) is 10.8 Å². The fraction of sp³-hybridized carbons (Fsp3) is 1.00. The third-order valence-electron chi connectivity index (χ3n) is 4.61. The molecule has 2 rings (SSSR count). The molecule has 2 aliphatic rings. The molecule has 17 heavy (non-hydrogen) atoms. The van der Waals surface area contributed by atoms with Gasteiger partial charge in [0.15, 0.2) is 0 Å². The molecule has 0 aliphatic carbocycles. The summed E-state index contributed by atoms with van der Waals surface area (Å²) in [7, 11) is 0. The molecule has 0 aromatic carbocycles. The summed E-state index contributed by atoms with van der Waals surface area (Å²) in [6, 6.07) is 0. The van der Waals surface area contributed by atoms with Crippen molar-refractivity contribution < 1.29 is 4.74 Å². The fourth-order valence-corrected chi connectivity index (χ4v) is 3.05. The Morgan fingerprint density at radius 3 is 2.41 bits per heavy atom. The van der Waals surface area contributed by atoms with E-state index in [2.05, 4.69) is 18.7 Å². The van der Waals surface area contributed by atoms with E-state index in [1.54, 1.807) is 0 Å². The van der Waals surface area contributed by atoms with Gasteiger partial charge in [0.2, 0.25) is 0 Å². The lowest BCUT2D eigenvalue weighted by Gasteiger charge is -2.44. The minimum absolute atomic E-state index is 0.236. The summed E-state index contributed by atoms with van der Waals surface area (Å²) in [4.78, 5) is 2.60. The standard InChI is InChI=1S/C14H28N2O/c1-13(2)5-7-16(8-6-13)11-14(10-15)4-3-9-17-12-14/h3-12,15H2,1-2H3. The first kappa shape index (κ1) is 13.3. The molecule has 0 aromatic heterocycles. The maximum Gasteiger partial charge on any atom is 0.0546 e. The van der Waals surface area contributed by atoms with Gasteiger partial charge in [-0.2, -0.15) is 0 Å². The van der Waals surface area contributed by atoms with E-state index in [9.17, 15) is 0 Å². The van der Waals surface area contributed by atoms with Gasteiger partial charge in [-0.15, -0.1) is 0 Å². The molecule has 3 nitrogen and oxygen atoms in total. The molecule has 0 radical (unpaired) electrons. The largest absolute Gasteiger partial charge is 0.381 e. The molecule has 0 amide bonds. The van der Waals surface area contributed by atoms with E-state index in [0.29, 0.717) is 5.41 Å². The highest BCUT2D eigenvalue weighted by atomic mass is 16.5. The van der Waals surface area contributed by atoms with E-state index in [-0.39, 0.29) is 5.41 Å². The van der Waals surface area contributed by atoms with Crippen LogP contribution in [-0.2, 0) is 4.74 Å². The molecule has 0 saturated carbocycles. The molecule has 2 aliphatic heterocycles. The van der Waals surface area contributed by atoms with E-state index < -0.39 is 0 Å². The molecule has 2 heterocycles. The van der Waals surface area contributed by atoms with Gasteiger partial charge in [-0.3, -0.25) is 0 Å². The van der Waals surface area contributed by atoms with Crippen LogP contribution in [0.3, 0.4) is 0 Å². The van der Waals surface area contributed by atoms with E-state index in [1.807, 2.05) is 0 Å². The predicted octanol–water partition coefficient (Wildman–Crippen LogP) is 1.86. The Kier molecular flexibility index (Phi) is 4.11. The van der Waals surface area contributed by atoms with Crippen LogP contribution in [0.4, 0.5) is 0 Å². The van der Waals surface area contributed by atoms with Gasteiger partial charge < -0.3 is 15.4 Å². The van der Waals surface area contributed by atoms with Crippen LogP contribution in [0.5, 0.6) is 0 Å². The zero-order valence-electron chi connectivity index (χ0n) is 11.5. The van der Waals surface area contributed by atoms with Gasteiger partial charge in [0.05, 0.1) is 6.61 Å². The van der Waals surface area contributed by atoms with Crippen molar-refractivity contribution in [2.24, 2.45) is 16.6 Å². The molecule has 0 bridgehead atoms. The predicted molar refractivity (Wildman–Crippen MR) is 71.0 cm³/mol. The van der Waals surface area contributed by atoms with Crippen LogP contribution in [0.15, 0.2) is 0 Å². The van der Waals surface area contributed by atoms with Gasteiger partial charge in [0.25, 0.3) is 0 Å². The van der Waals surface area contributed by atoms with Crippen LogP contribution in [-0.4, -0.2) is 44.3 Å². The Morgan fingerprint density at radius 1 is 1.18 bits per heavy atom. The Balaban J connectivity index is 1.87. The minimum atomic E-state index is 0.236. The van der Waals surface area contributed by atoms with Crippen molar-refractivity contribution in [1.82, 2.24) is 4.90 Å². The first-order valence-electron chi connectivity index (χ1n) is 7.06. The van der Waals surface area contributed by atoms with Crippen molar-refractivity contribution >= 4 is 0 Å². The number of nitrogens with zero attached hydrogens (tertiary/aromatic N) is 1. The van der Waals surface area contributed by atoms with Gasteiger partial charge in [0, 0.05) is 25.1 Å². The second-order valence-electron chi connectivity index (χ2n) is 6.80. The summed E-state index contributed by atoms with van der Waals surface area (Å²) in [5, 5.41) is 0. The number of nitrogens with two attached hydrogens (primary N) is 1. The highest BCUT2D eigenvalue weighted by molar-refractivity contribution is 4.88. The van der Waals surface area contributed by atoms with Crippen LogP contribution in [0.2, 0.25) is 0 Å². The summed E-state index contributed by atoms with van der Waals surface area (Å²) < 4.78 is 5.65. The Labute approximate surface area is 106 Å². The SMILES string of the molecule is CC1(C)CCN(CC2(CN)CCCOC2)CC1. The van der Waals surface area contributed by atoms with Crippen molar-refractivity contribution in [3.05, 3.63) is 0 Å². The summed E-state index contributed by atoms with van der Waals surface area (Å²) in [6.45, 7) is 10.9. The van der Waals surface area contributed by atoms with Crippen molar-refractivity contribution in [2.45, 2.75) is 39.5 Å². The van der Waals surface area contributed by atoms with Crippen molar-refractivity contribution in [1.29, 1.82) is 0 Å². The van der Waals surface area contributed by atoms with Gasteiger partial charge in [-0.1, -0.05) is 13.8 Å². The Morgan fingerprint density at radius 2 is 1.88 bits per heavy atom. The minimum Gasteiger partial charge on any atom is -0.381 e. The Hall–Kier alpha value is -0.120. The maximum absolute atomic E-state index is 6.00. The highest BCUT2D eigenvalue weighted by Gasteiger charge is 2.35. The van der Waals surface area contributed by atoms with Crippen LogP contribution in [0.25, 0.3) is 0 Å². The molecule has 2 N–H and O–H groups in total. The smallest absolute Gasteiger partial charge is 0.0546 e. The second-order valence-corrected chi connectivity index (χ2v) is 6.80. The average Bonchev–Trinajstić information content (AvgIpc) is 2.33. The first-order valence-corrected chi connectivity index (χ1v) is 7.06. The normalized spacial score (nSPS) is 34.8.